The van der Waals surface area contributed by atoms with Crippen LogP contribution in [0.25, 0.3) is 0 Å². The summed E-state index contributed by atoms with van der Waals surface area (Å²) >= 11 is 1.76. The lowest BCUT2D eigenvalue weighted by atomic mass is 10.0. The van der Waals surface area contributed by atoms with Crippen molar-refractivity contribution in [2.45, 2.75) is 23.5 Å². The van der Waals surface area contributed by atoms with Crippen molar-refractivity contribution in [1.82, 2.24) is 9.80 Å². The molecule has 1 aliphatic heterocycles. The first-order valence-electron chi connectivity index (χ1n) is 11.5. The molecule has 0 N–H and O–H groups in total. The average Bonchev–Trinajstić information content (AvgIpc) is 2.87. The van der Waals surface area contributed by atoms with Gasteiger partial charge in [-0.25, -0.2) is 0 Å². The standard InChI is InChI=1S/C28H32N2OS/c31-23-27(32-28(25-14-6-2-7-15-25)26-16-8-3-9-17-26)30-21-19-29(20-22-30)18-10-13-24-11-4-1-5-12-24/h1-9,11-12,14-17,23,27-28H,10,13,18-22H2. The van der Waals surface area contributed by atoms with Crippen molar-refractivity contribution < 1.29 is 4.79 Å². The Balaban J connectivity index is 1.33. The Bertz CT molecular complexity index is 888. The maximum absolute atomic E-state index is 12.1. The van der Waals surface area contributed by atoms with Gasteiger partial charge in [0.1, 0.15) is 11.7 Å². The Kier molecular flexibility index (Phi) is 8.55. The summed E-state index contributed by atoms with van der Waals surface area (Å²) < 4.78 is 0. The number of aldehydes is 1. The number of hydrogen-bond donors (Lipinski definition) is 0. The fourth-order valence-corrected chi connectivity index (χ4v) is 5.70. The first-order valence-corrected chi connectivity index (χ1v) is 12.5. The molecule has 1 saturated heterocycles. The Morgan fingerprint density at radius 2 is 1.28 bits per heavy atom. The van der Waals surface area contributed by atoms with Crippen LogP contribution in [0.3, 0.4) is 0 Å². The molecule has 0 saturated carbocycles. The van der Waals surface area contributed by atoms with Crippen molar-refractivity contribution in [3.05, 3.63) is 108 Å². The van der Waals surface area contributed by atoms with E-state index in [1.807, 2.05) is 12.1 Å². The smallest absolute Gasteiger partial charge is 0.147 e. The zero-order valence-electron chi connectivity index (χ0n) is 18.6. The second-order valence-electron chi connectivity index (χ2n) is 8.33. The summed E-state index contributed by atoms with van der Waals surface area (Å²) in [5.41, 5.74) is 3.90. The largest absolute Gasteiger partial charge is 0.301 e. The molecule has 3 aromatic rings. The van der Waals surface area contributed by atoms with Crippen LogP contribution in [0.1, 0.15) is 28.4 Å². The number of carbonyl (C=O) groups is 1. The highest BCUT2D eigenvalue weighted by molar-refractivity contribution is 8.00. The number of benzene rings is 3. The van der Waals surface area contributed by atoms with Gasteiger partial charge in [-0.05, 0) is 36.1 Å². The van der Waals surface area contributed by atoms with E-state index in [1.54, 1.807) is 11.8 Å². The topological polar surface area (TPSA) is 23.6 Å². The van der Waals surface area contributed by atoms with Crippen molar-refractivity contribution in [3.8, 4) is 0 Å². The number of rotatable bonds is 10. The number of thioether (sulfide) groups is 1. The molecule has 0 radical (unpaired) electrons. The maximum Gasteiger partial charge on any atom is 0.147 e. The fraction of sp³-hybridized carbons (Fsp3) is 0.321. The van der Waals surface area contributed by atoms with E-state index in [1.165, 1.54) is 23.1 Å². The zero-order valence-corrected chi connectivity index (χ0v) is 19.4. The Hall–Kier alpha value is -2.40. The minimum absolute atomic E-state index is 0.133. The van der Waals surface area contributed by atoms with E-state index < -0.39 is 0 Å². The van der Waals surface area contributed by atoms with Gasteiger partial charge < -0.3 is 9.69 Å². The minimum atomic E-state index is -0.133. The van der Waals surface area contributed by atoms with Gasteiger partial charge in [-0.3, -0.25) is 4.90 Å². The Morgan fingerprint density at radius 1 is 0.750 bits per heavy atom. The monoisotopic (exact) mass is 444 g/mol. The van der Waals surface area contributed by atoms with Gasteiger partial charge in [0, 0.05) is 26.2 Å². The van der Waals surface area contributed by atoms with Gasteiger partial charge in [-0.1, -0.05) is 91.0 Å². The molecule has 166 valence electrons. The van der Waals surface area contributed by atoms with E-state index in [9.17, 15) is 4.79 Å². The minimum Gasteiger partial charge on any atom is -0.301 e. The molecular formula is C28H32N2OS. The quantitative estimate of drug-likeness (QED) is 0.397. The van der Waals surface area contributed by atoms with Crippen LogP contribution in [0.5, 0.6) is 0 Å². The highest BCUT2D eigenvalue weighted by Crippen LogP contribution is 2.38. The lowest BCUT2D eigenvalue weighted by Crippen LogP contribution is -2.50. The van der Waals surface area contributed by atoms with Gasteiger partial charge in [-0.2, -0.15) is 0 Å². The number of hydrogen-bond acceptors (Lipinski definition) is 4. The summed E-state index contributed by atoms with van der Waals surface area (Å²) in [6.45, 7) is 5.07. The second kappa shape index (κ2) is 12.0. The number of carbonyl (C=O) groups excluding carboxylic acids is 1. The van der Waals surface area contributed by atoms with Crippen molar-refractivity contribution in [1.29, 1.82) is 0 Å². The molecule has 1 aliphatic rings. The van der Waals surface area contributed by atoms with Crippen LogP contribution in [-0.4, -0.2) is 54.2 Å². The van der Waals surface area contributed by atoms with Crippen LogP contribution in [0.2, 0.25) is 0 Å². The van der Waals surface area contributed by atoms with Gasteiger partial charge in [0.25, 0.3) is 0 Å². The van der Waals surface area contributed by atoms with Gasteiger partial charge >= 0.3 is 0 Å². The Labute approximate surface area is 196 Å². The molecule has 4 heteroatoms. The molecule has 0 aliphatic carbocycles. The number of nitrogens with zero attached hydrogens (tertiary/aromatic N) is 2. The van der Waals surface area contributed by atoms with Crippen LogP contribution >= 0.6 is 11.8 Å². The molecule has 32 heavy (non-hydrogen) atoms. The molecule has 0 amide bonds. The molecule has 0 spiro atoms. The number of piperazine rings is 1. The molecule has 0 bridgehead atoms. The summed E-state index contributed by atoms with van der Waals surface area (Å²) in [5, 5.41) is 0.0170. The molecule has 1 atom stereocenters. The fourth-order valence-electron chi connectivity index (χ4n) is 4.34. The molecule has 1 heterocycles. The third kappa shape index (κ3) is 6.32. The molecule has 1 unspecified atom stereocenters. The highest BCUT2D eigenvalue weighted by atomic mass is 32.2. The van der Waals surface area contributed by atoms with Crippen LogP contribution in [0.15, 0.2) is 91.0 Å². The lowest BCUT2D eigenvalue weighted by molar-refractivity contribution is -0.110. The predicted molar refractivity (Wildman–Crippen MR) is 135 cm³/mol. The van der Waals surface area contributed by atoms with E-state index >= 15 is 0 Å². The van der Waals surface area contributed by atoms with E-state index in [2.05, 4.69) is 88.7 Å². The van der Waals surface area contributed by atoms with Crippen LogP contribution in [0.4, 0.5) is 0 Å². The lowest BCUT2D eigenvalue weighted by Gasteiger charge is -2.38. The highest BCUT2D eigenvalue weighted by Gasteiger charge is 2.27. The second-order valence-corrected chi connectivity index (χ2v) is 9.56. The van der Waals surface area contributed by atoms with Crippen LogP contribution < -0.4 is 0 Å². The van der Waals surface area contributed by atoms with Crippen molar-refractivity contribution in [2.75, 3.05) is 32.7 Å². The molecule has 0 aromatic heterocycles. The molecule has 4 rings (SSSR count). The summed E-state index contributed by atoms with van der Waals surface area (Å²) in [7, 11) is 0. The van der Waals surface area contributed by atoms with E-state index in [0.29, 0.717) is 0 Å². The van der Waals surface area contributed by atoms with E-state index in [0.717, 1.165) is 45.4 Å². The summed E-state index contributed by atoms with van der Waals surface area (Å²) in [5.74, 6) is 0. The van der Waals surface area contributed by atoms with E-state index in [4.69, 9.17) is 0 Å². The average molecular weight is 445 g/mol. The summed E-state index contributed by atoms with van der Waals surface area (Å²) in [6.07, 6.45) is 3.44. The van der Waals surface area contributed by atoms with E-state index in [-0.39, 0.29) is 10.6 Å². The molecule has 3 aromatic carbocycles. The van der Waals surface area contributed by atoms with Crippen LogP contribution in [-0.2, 0) is 11.2 Å². The van der Waals surface area contributed by atoms with Gasteiger partial charge in [0.05, 0.1) is 5.25 Å². The third-order valence-corrected chi connectivity index (χ3v) is 7.65. The van der Waals surface area contributed by atoms with Gasteiger partial charge in [0.2, 0.25) is 0 Å². The normalized spacial score (nSPS) is 16.2. The van der Waals surface area contributed by atoms with Crippen molar-refractivity contribution in [2.24, 2.45) is 0 Å². The van der Waals surface area contributed by atoms with Crippen molar-refractivity contribution >= 4 is 18.0 Å². The first kappa shape index (κ1) is 22.8. The molecule has 1 fully saturated rings. The maximum atomic E-state index is 12.1. The molecule has 3 nitrogen and oxygen atoms in total. The zero-order chi connectivity index (χ0) is 22.0. The number of aryl methyl sites for hydroxylation is 1. The Morgan fingerprint density at radius 3 is 1.81 bits per heavy atom. The predicted octanol–water partition coefficient (Wildman–Crippen LogP) is 5.28. The van der Waals surface area contributed by atoms with Crippen LogP contribution in [0, 0.1) is 0 Å². The van der Waals surface area contributed by atoms with Gasteiger partial charge in [-0.15, -0.1) is 11.8 Å². The molecular weight excluding hydrogens is 412 g/mol. The van der Waals surface area contributed by atoms with Gasteiger partial charge in [0.15, 0.2) is 0 Å². The third-order valence-electron chi connectivity index (χ3n) is 6.15. The van der Waals surface area contributed by atoms with Crippen molar-refractivity contribution in [3.63, 3.8) is 0 Å². The SMILES string of the molecule is O=CC(SC(c1ccccc1)c1ccccc1)N1CCN(CCCc2ccccc2)CC1. The summed E-state index contributed by atoms with van der Waals surface area (Å²) in [6, 6.07) is 31.8. The summed E-state index contributed by atoms with van der Waals surface area (Å²) in [4.78, 5) is 17.0. The first-order chi connectivity index (χ1) is 15.8.